The van der Waals surface area contributed by atoms with Gasteiger partial charge in [0.1, 0.15) is 6.04 Å². The lowest BCUT2D eigenvalue weighted by atomic mass is 10.0. The Bertz CT molecular complexity index is 656. The molecule has 2 amide bonds. The van der Waals surface area contributed by atoms with E-state index >= 15 is 0 Å². The van der Waals surface area contributed by atoms with E-state index in [0.29, 0.717) is 18.5 Å². The van der Waals surface area contributed by atoms with E-state index in [4.69, 9.17) is 0 Å². The van der Waals surface area contributed by atoms with E-state index in [1.54, 1.807) is 12.1 Å². The zero-order valence-corrected chi connectivity index (χ0v) is 14.7. The Balaban J connectivity index is 2.03. The molecular weight excluding hydrogens is 312 g/mol. The maximum absolute atomic E-state index is 12.6. The highest BCUT2D eigenvalue weighted by Gasteiger charge is 2.21. The first-order chi connectivity index (χ1) is 12.2. The van der Waals surface area contributed by atoms with Crippen LogP contribution in [-0.2, 0) is 11.2 Å². The molecule has 0 saturated carbocycles. The third-order valence-corrected chi connectivity index (χ3v) is 4.02. The van der Waals surface area contributed by atoms with Crippen molar-refractivity contribution < 1.29 is 9.59 Å². The second-order valence-electron chi connectivity index (χ2n) is 6.08. The minimum absolute atomic E-state index is 0.135. The van der Waals surface area contributed by atoms with E-state index in [-0.39, 0.29) is 11.8 Å². The predicted molar refractivity (Wildman–Crippen MR) is 100 cm³/mol. The van der Waals surface area contributed by atoms with Gasteiger partial charge in [-0.05, 0) is 24.1 Å². The summed E-state index contributed by atoms with van der Waals surface area (Å²) in [6.07, 6.45) is 3.61. The fourth-order valence-electron chi connectivity index (χ4n) is 2.60. The molecule has 0 saturated heterocycles. The molecule has 2 aromatic rings. The lowest BCUT2D eigenvalue weighted by Gasteiger charge is -2.19. The topological polar surface area (TPSA) is 58.2 Å². The number of carbonyl (C=O) groups is 2. The molecule has 0 radical (unpaired) electrons. The van der Waals surface area contributed by atoms with Crippen LogP contribution in [0.3, 0.4) is 0 Å². The lowest BCUT2D eigenvalue weighted by molar-refractivity contribution is -0.122. The van der Waals surface area contributed by atoms with Gasteiger partial charge in [0.2, 0.25) is 5.91 Å². The van der Waals surface area contributed by atoms with Gasteiger partial charge in [-0.2, -0.15) is 0 Å². The van der Waals surface area contributed by atoms with Gasteiger partial charge in [0.15, 0.2) is 0 Å². The summed E-state index contributed by atoms with van der Waals surface area (Å²) in [5.74, 6) is -0.366. The van der Waals surface area contributed by atoms with Crippen molar-refractivity contribution in [3.63, 3.8) is 0 Å². The second-order valence-corrected chi connectivity index (χ2v) is 6.08. The number of carbonyl (C=O) groups excluding carboxylic acids is 2. The monoisotopic (exact) mass is 338 g/mol. The molecule has 0 aliphatic heterocycles. The normalized spacial score (nSPS) is 11.6. The maximum atomic E-state index is 12.6. The van der Waals surface area contributed by atoms with Gasteiger partial charge < -0.3 is 10.6 Å². The number of hydrogen-bond donors (Lipinski definition) is 2. The summed E-state index contributed by atoms with van der Waals surface area (Å²) >= 11 is 0. The molecule has 25 heavy (non-hydrogen) atoms. The molecule has 132 valence electrons. The van der Waals surface area contributed by atoms with E-state index in [1.165, 1.54) is 0 Å². The van der Waals surface area contributed by atoms with E-state index in [0.717, 1.165) is 24.8 Å². The van der Waals surface area contributed by atoms with Gasteiger partial charge in [-0.1, -0.05) is 68.3 Å². The Hall–Kier alpha value is -2.62. The molecule has 0 aliphatic carbocycles. The molecule has 1 atom stereocenters. The molecule has 4 heteroatoms. The van der Waals surface area contributed by atoms with Gasteiger partial charge in [0, 0.05) is 18.5 Å². The van der Waals surface area contributed by atoms with Crippen LogP contribution in [0.1, 0.15) is 42.1 Å². The van der Waals surface area contributed by atoms with Gasteiger partial charge in [-0.15, -0.1) is 0 Å². The van der Waals surface area contributed by atoms with Crippen LogP contribution in [0.4, 0.5) is 0 Å². The van der Waals surface area contributed by atoms with E-state index in [1.807, 2.05) is 48.5 Å². The zero-order valence-electron chi connectivity index (χ0n) is 14.7. The standard InChI is InChI=1S/C21H26N2O2/c1-2-3-10-15-22-21(25)19(16-17-11-6-4-7-12-17)23-20(24)18-13-8-5-9-14-18/h4-9,11-14,19H,2-3,10,15-16H2,1H3,(H,22,25)(H,23,24). The van der Waals surface area contributed by atoms with E-state index in [2.05, 4.69) is 17.6 Å². The van der Waals surface area contributed by atoms with Gasteiger partial charge in [0.25, 0.3) is 5.91 Å². The second kappa shape index (κ2) is 10.3. The van der Waals surface area contributed by atoms with Crippen molar-refractivity contribution in [2.45, 2.75) is 38.6 Å². The number of hydrogen-bond acceptors (Lipinski definition) is 2. The van der Waals surface area contributed by atoms with Gasteiger partial charge in [-0.25, -0.2) is 0 Å². The highest BCUT2D eigenvalue weighted by atomic mass is 16.2. The molecule has 2 N–H and O–H groups in total. The van der Waals surface area contributed by atoms with Crippen molar-refractivity contribution in [3.8, 4) is 0 Å². The first kappa shape index (κ1) is 18.7. The molecule has 2 rings (SSSR count). The summed E-state index contributed by atoms with van der Waals surface area (Å²) in [6.45, 7) is 2.76. The summed E-state index contributed by atoms with van der Waals surface area (Å²) < 4.78 is 0. The van der Waals surface area contributed by atoms with Crippen LogP contribution in [0, 0.1) is 0 Å². The molecule has 0 spiro atoms. The molecule has 4 nitrogen and oxygen atoms in total. The highest BCUT2D eigenvalue weighted by Crippen LogP contribution is 2.06. The van der Waals surface area contributed by atoms with Crippen molar-refractivity contribution in [2.24, 2.45) is 0 Å². The summed E-state index contributed by atoms with van der Waals surface area (Å²) in [4.78, 5) is 25.0. The Morgan fingerprint density at radius 2 is 1.56 bits per heavy atom. The maximum Gasteiger partial charge on any atom is 0.251 e. The Labute approximate surface area is 149 Å². The van der Waals surface area contributed by atoms with Crippen LogP contribution in [0.2, 0.25) is 0 Å². The summed E-state index contributed by atoms with van der Waals surface area (Å²) in [6, 6.07) is 18.1. The zero-order chi connectivity index (χ0) is 17.9. The number of benzene rings is 2. The van der Waals surface area contributed by atoms with Gasteiger partial charge in [0.05, 0.1) is 0 Å². The van der Waals surface area contributed by atoms with Gasteiger partial charge >= 0.3 is 0 Å². The molecule has 2 aromatic carbocycles. The number of unbranched alkanes of at least 4 members (excludes halogenated alkanes) is 2. The third-order valence-electron chi connectivity index (χ3n) is 4.02. The van der Waals surface area contributed by atoms with Crippen LogP contribution in [-0.4, -0.2) is 24.4 Å². The predicted octanol–water partition coefficient (Wildman–Crippen LogP) is 3.33. The molecule has 0 aliphatic rings. The summed E-state index contributed by atoms with van der Waals surface area (Å²) in [5.41, 5.74) is 1.57. The van der Waals surface area contributed by atoms with Crippen molar-refractivity contribution in [2.75, 3.05) is 6.54 Å². The number of rotatable bonds is 9. The van der Waals surface area contributed by atoms with Crippen molar-refractivity contribution in [3.05, 3.63) is 71.8 Å². The molecule has 0 fully saturated rings. The Kier molecular flexibility index (Phi) is 7.70. The van der Waals surface area contributed by atoms with Crippen molar-refractivity contribution >= 4 is 11.8 Å². The first-order valence-electron chi connectivity index (χ1n) is 8.88. The molecular formula is C21H26N2O2. The fraction of sp³-hybridized carbons (Fsp3) is 0.333. The molecule has 0 aromatic heterocycles. The summed E-state index contributed by atoms with van der Waals surface area (Å²) in [5, 5.41) is 5.81. The van der Waals surface area contributed by atoms with E-state index < -0.39 is 6.04 Å². The van der Waals surface area contributed by atoms with Crippen LogP contribution in [0.25, 0.3) is 0 Å². The average Bonchev–Trinajstić information content (AvgIpc) is 2.66. The summed E-state index contributed by atoms with van der Waals surface area (Å²) in [7, 11) is 0. The van der Waals surface area contributed by atoms with Crippen LogP contribution in [0.5, 0.6) is 0 Å². The third kappa shape index (κ3) is 6.42. The van der Waals surface area contributed by atoms with Crippen molar-refractivity contribution in [1.29, 1.82) is 0 Å². The number of amides is 2. The van der Waals surface area contributed by atoms with E-state index in [9.17, 15) is 9.59 Å². The molecule has 1 unspecified atom stereocenters. The highest BCUT2D eigenvalue weighted by molar-refractivity contribution is 5.97. The lowest BCUT2D eigenvalue weighted by Crippen LogP contribution is -2.48. The van der Waals surface area contributed by atoms with Crippen LogP contribution >= 0.6 is 0 Å². The fourth-order valence-corrected chi connectivity index (χ4v) is 2.60. The average molecular weight is 338 g/mol. The Morgan fingerprint density at radius 3 is 2.20 bits per heavy atom. The number of nitrogens with one attached hydrogen (secondary N) is 2. The SMILES string of the molecule is CCCCCNC(=O)C(Cc1ccccc1)NC(=O)c1ccccc1. The molecule has 0 heterocycles. The van der Waals surface area contributed by atoms with Crippen LogP contribution in [0.15, 0.2) is 60.7 Å². The smallest absolute Gasteiger partial charge is 0.251 e. The molecule has 0 bridgehead atoms. The van der Waals surface area contributed by atoms with Crippen molar-refractivity contribution in [1.82, 2.24) is 10.6 Å². The van der Waals surface area contributed by atoms with Crippen LogP contribution < -0.4 is 10.6 Å². The first-order valence-corrected chi connectivity index (χ1v) is 8.88. The largest absolute Gasteiger partial charge is 0.354 e. The van der Waals surface area contributed by atoms with Gasteiger partial charge in [-0.3, -0.25) is 9.59 Å². The minimum Gasteiger partial charge on any atom is -0.354 e. The minimum atomic E-state index is -0.586. The Morgan fingerprint density at radius 1 is 0.920 bits per heavy atom. The quantitative estimate of drug-likeness (QED) is 0.689.